The van der Waals surface area contributed by atoms with Crippen molar-refractivity contribution in [3.63, 3.8) is 0 Å². The van der Waals surface area contributed by atoms with Crippen molar-refractivity contribution in [3.05, 3.63) is 63.7 Å². The van der Waals surface area contributed by atoms with E-state index in [0.29, 0.717) is 35.7 Å². The van der Waals surface area contributed by atoms with Gasteiger partial charge in [0.25, 0.3) is 5.91 Å². The second-order valence-electron chi connectivity index (χ2n) is 11.6. The number of nitrogens with one attached hydrogen (secondary N) is 3. The summed E-state index contributed by atoms with van der Waals surface area (Å²) in [6, 6.07) is 9.57. The second-order valence-corrected chi connectivity index (χ2v) is 12.1. The Morgan fingerprint density at radius 3 is 2.61 bits per heavy atom. The topological polar surface area (TPSA) is 134 Å². The van der Waals surface area contributed by atoms with Crippen molar-refractivity contribution in [2.24, 2.45) is 0 Å². The number of urea groups is 1. The molecule has 4 rings (SSSR count). The van der Waals surface area contributed by atoms with Crippen LogP contribution in [0.25, 0.3) is 0 Å². The Hall–Kier alpha value is -3.76. The number of aldehydes is 1. The SMILES string of the molecule is CC(C)(C=O)OCCC(C)(C)c1cc(Cl)cc(NC(=O)NCc2ccc3c(c2)CN(C2CCC(=O)NC2=O)C3=O)c1. The maximum atomic E-state index is 12.9. The molecule has 2 aliphatic rings. The quantitative estimate of drug-likeness (QED) is 0.285. The lowest BCUT2D eigenvalue weighted by molar-refractivity contribution is -0.137. The van der Waals surface area contributed by atoms with Crippen LogP contribution in [0.1, 0.15) is 74.0 Å². The van der Waals surface area contributed by atoms with Gasteiger partial charge in [-0.2, -0.15) is 0 Å². The number of carbonyl (C=O) groups excluding carboxylic acids is 5. The third kappa shape index (κ3) is 7.31. The molecule has 41 heavy (non-hydrogen) atoms. The third-order valence-electron chi connectivity index (χ3n) is 7.46. The van der Waals surface area contributed by atoms with Gasteiger partial charge in [0.05, 0.1) is 0 Å². The minimum atomic E-state index is -0.851. The van der Waals surface area contributed by atoms with E-state index in [1.165, 1.54) is 4.90 Å². The van der Waals surface area contributed by atoms with Gasteiger partial charge in [0.1, 0.15) is 11.6 Å². The van der Waals surface area contributed by atoms with Gasteiger partial charge in [0.2, 0.25) is 11.8 Å². The van der Waals surface area contributed by atoms with Crippen LogP contribution in [0, 0.1) is 0 Å². The van der Waals surface area contributed by atoms with Gasteiger partial charge in [-0.1, -0.05) is 37.6 Å². The molecule has 1 atom stereocenters. The van der Waals surface area contributed by atoms with Crippen LogP contribution in [0.2, 0.25) is 5.02 Å². The van der Waals surface area contributed by atoms with E-state index in [-0.39, 0.29) is 36.7 Å². The molecule has 0 aliphatic carbocycles. The molecule has 3 N–H and O–H groups in total. The largest absolute Gasteiger partial charge is 0.368 e. The average Bonchev–Trinajstić information content (AvgIpc) is 3.22. The van der Waals surface area contributed by atoms with Crippen LogP contribution in [0.3, 0.4) is 0 Å². The number of hydrogen-bond donors (Lipinski definition) is 3. The van der Waals surface area contributed by atoms with Gasteiger partial charge in [-0.05, 0) is 73.1 Å². The third-order valence-corrected chi connectivity index (χ3v) is 7.68. The minimum absolute atomic E-state index is 0.195. The highest BCUT2D eigenvalue weighted by Gasteiger charge is 2.39. The van der Waals surface area contributed by atoms with Gasteiger partial charge in [0.15, 0.2) is 6.29 Å². The highest BCUT2D eigenvalue weighted by Crippen LogP contribution is 2.32. The van der Waals surface area contributed by atoms with Gasteiger partial charge in [0, 0.05) is 42.4 Å². The number of imide groups is 1. The Labute approximate surface area is 244 Å². The number of hydrogen-bond acceptors (Lipinski definition) is 6. The Bertz CT molecular complexity index is 1390. The maximum Gasteiger partial charge on any atom is 0.319 e. The predicted octanol–water partition coefficient (Wildman–Crippen LogP) is 4.08. The van der Waals surface area contributed by atoms with Gasteiger partial charge in [-0.25, -0.2) is 4.79 Å². The van der Waals surface area contributed by atoms with Crippen LogP contribution >= 0.6 is 11.6 Å². The van der Waals surface area contributed by atoms with Crippen molar-refractivity contribution in [2.75, 3.05) is 11.9 Å². The van der Waals surface area contributed by atoms with Crippen LogP contribution in [-0.4, -0.2) is 53.2 Å². The molecule has 1 fully saturated rings. The highest BCUT2D eigenvalue weighted by atomic mass is 35.5. The molecule has 11 heteroatoms. The van der Waals surface area contributed by atoms with Crippen LogP contribution in [0.4, 0.5) is 10.5 Å². The molecule has 2 heterocycles. The normalized spacial score (nSPS) is 17.2. The summed E-state index contributed by atoms with van der Waals surface area (Å²) in [7, 11) is 0. The fraction of sp³-hybridized carbons (Fsp3) is 0.433. The van der Waals surface area contributed by atoms with Crippen LogP contribution in [-0.2, 0) is 37.6 Å². The first kappa shape index (κ1) is 30.2. The Morgan fingerprint density at radius 2 is 1.90 bits per heavy atom. The van der Waals surface area contributed by atoms with Gasteiger partial charge >= 0.3 is 6.03 Å². The summed E-state index contributed by atoms with van der Waals surface area (Å²) in [6.07, 6.45) is 1.91. The Balaban J connectivity index is 1.35. The number of benzene rings is 2. The zero-order valence-corrected chi connectivity index (χ0v) is 24.4. The lowest BCUT2D eigenvalue weighted by atomic mass is 9.81. The number of halogens is 1. The van der Waals surface area contributed by atoms with Crippen molar-refractivity contribution in [3.8, 4) is 0 Å². The smallest absolute Gasteiger partial charge is 0.319 e. The first-order valence-electron chi connectivity index (χ1n) is 13.5. The minimum Gasteiger partial charge on any atom is -0.368 e. The van der Waals surface area contributed by atoms with Crippen molar-refractivity contribution < 1.29 is 28.7 Å². The molecule has 2 aliphatic heterocycles. The molecule has 0 bridgehead atoms. The molecular weight excluding hydrogens is 548 g/mol. The summed E-state index contributed by atoms with van der Waals surface area (Å²) in [6.45, 7) is 8.37. The Morgan fingerprint density at radius 1 is 1.15 bits per heavy atom. The molecule has 0 aromatic heterocycles. The number of anilines is 1. The van der Waals surface area contributed by atoms with Crippen LogP contribution in [0.5, 0.6) is 0 Å². The maximum absolute atomic E-state index is 12.9. The van der Waals surface area contributed by atoms with E-state index in [1.807, 2.05) is 32.0 Å². The standard InChI is InChI=1S/C30H35ClN4O6/c1-29(2,9-10-41-30(3,4)17-36)20-12-21(31)14-22(13-20)33-28(40)32-15-18-5-6-23-19(11-18)16-35(27(23)39)24-7-8-25(37)34-26(24)38/h5-6,11-14,17,24H,7-10,15-16H2,1-4H3,(H2,32,33,40)(H,34,37,38). The van der Waals surface area contributed by atoms with E-state index in [2.05, 4.69) is 16.0 Å². The molecule has 1 saturated heterocycles. The van der Waals surface area contributed by atoms with Crippen molar-refractivity contribution >= 4 is 47.3 Å². The number of fused-ring (bicyclic) bond motifs is 1. The second kappa shape index (κ2) is 12.0. The number of amides is 5. The molecule has 2 aromatic rings. The molecule has 10 nitrogen and oxygen atoms in total. The summed E-state index contributed by atoms with van der Waals surface area (Å²) in [5.74, 6) is -1.03. The van der Waals surface area contributed by atoms with Crippen molar-refractivity contribution in [2.45, 2.75) is 77.1 Å². The zero-order valence-electron chi connectivity index (χ0n) is 23.6. The lowest BCUT2D eigenvalue weighted by Crippen LogP contribution is -2.52. The number of carbonyl (C=O) groups is 5. The molecule has 0 saturated carbocycles. The zero-order chi connectivity index (χ0) is 29.9. The van der Waals surface area contributed by atoms with E-state index in [0.717, 1.165) is 23.0 Å². The monoisotopic (exact) mass is 582 g/mol. The molecule has 218 valence electrons. The van der Waals surface area contributed by atoms with E-state index < -0.39 is 23.6 Å². The number of ether oxygens (including phenoxy) is 1. The van der Waals surface area contributed by atoms with Gasteiger partial charge < -0.3 is 25.1 Å². The summed E-state index contributed by atoms with van der Waals surface area (Å²) in [5.41, 5.74) is 2.33. The van der Waals surface area contributed by atoms with Crippen LogP contribution in [0.15, 0.2) is 36.4 Å². The van der Waals surface area contributed by atoms with Crippen molar-refractivity contribution in [1.82, 2.24) is 15.5 Å². The first-order chi connectivity index (χ1) is 19.3. The lowest BCUT2D eigenvalue weighted by Gasteiger charge is -2.29. The van der Waals surface area contributed by atoms with Crippen LogP contribution < -0.4 is 16.0 Å². The average molecular weight is 583 g/mol. The highest BCUT2D eigenvalue weighted by molar-refractivity contribution is 6.31. The van der Waals surface area contributed by atoms with E-state index in [9.17, 15) is 24.0 Å². The summed E-state index contributed by atoms with van der Waals surface area (Å²) in [4.78, 5) is 62.0. The number of piperidine rings is 1. The van der Waals surface area contributed by atoms with E-state index in [1.54, 1.807) is 32.0 Å². The predicted molar refractivity (Wildman–Crippen MR) is 154 cm³/mol. The van der Waals surface area contributed by atoms with Crippen molar-refractivity contribution in [1.29, 1.82) is 0 Å². The number of nitrogens with zero attached hydrogens (tertiary/aromatic N) is 1. The summed E-state index contributed by atoms with van der Waals surface area (Å²) in [5, 5.41) is 8.42. The molecule has 5 amide bonds. The first-order valence-corrected chi connectivity index (χ1v) is 13.9. The van der Waals surface area contributed by atoms with E-state index >= 15 is 0 Å². The van der Waals surface area contributed by atoms with E-state index in [4.69, 9.17) is 16.3 Å². The van der Waals surface area contributed by atoms with Gasteiger partial charge in [-0.15, -0.1) is 0 Å². The molecule has 2 aromatic carbocycles. The number of rotatable bonds is 10. The molecule has 0 spiro atoms. The van der Waals surface area contributed by atoms with Gasteiger partial charge in [-0.3, -0.25) is 19.7 Å². The summed E-state index contributed by atoms with van der Waals surface area (Å²) < 4.78 is 5.68. The Kier molecular flexibility index (Phi) is 8.84. The molecular formula is C30H35ClN4O6. The fourth-order valence-corrected chi connectivity index (χ4v) is 5.13. The molecule has 0 radical (unpaired) electrons. The fourth-order valence-electron chi connectivity index (χ4n) is 4.90. The summed E-state index contributed by atoms with van der Waals surface area (Å²) >= 11 is 6.37. The molecule has 1 unspecified atom stereocenters.